The van der Waals surface area contributed by atoms with Gasteiger partial charge in [0.05, 0.1) is 15.6 Å². The monoisotopic (exact) mass is 289 g/mol. The molecule has 1 aromatic carbocycles. The van der Waals surface area contributed by atoms with E-state index in [4.69, 9.17) is 23.2 Å². The van der Waals surface area contributed by atoms with Crippen molar-refractivity contribution in [2.24, 2.45) is 0 Å². The second-order valence-corrected chi connectivity index (χ2v) is 6.59. The molecule has 1 aromatic rings. The van der Waals surface area contributed by atoms with Crippen LogP contribution in [0, 0.1) is 0 Å². The third-order valence-corrected chi connectivity index (χ3v) is 3.62. The molecule has 0 saturated heterocycles. The molecule has 0 aliphatic heterocycles. The number of benzene rings is 1. The molecule has 1 unspecified atom stereocenters. The summed E-state index contributed by atoms with van der Waals surface area (Å²) in [5, 5.41) is 14.8. The Hall–Kier alpha value is -0.280. The van der Waals surface area contributed by atoms with Gasteiger partial charge in [0.2, 0.25) is 0 Å². The van der Waals surface area contributed by atoms with E-state index in [2.05, 4.69) is 26.1 Å². The molecule has 1 atom stereocenters. The summed E-state index contributed by atoms with van der Waals surface area (Å²) in [5.74, 6) is 0. The number of nitrogens with one attached hydrogen (secondary N) is 1. The Kier molecular flexibility index (Phi) is 5.07. The number of hydrogen-bond donors (Lipinski definition) is 2. The molecule has 0 aliphatic carbocycles. The van der Waals surface area contributed by atoms with Crippen molar-refractivity contribution in [2.45, 2.75) is 45.3 Å². The van der Waals surface area contributed by atoms with E-state index in [1.54, 1.807) is 19.1 Å². The molecule has 1 rings (SSSR count). The van der Waals surface area contributed by atoms with E-state index in [0.717, 1.165) is 0 Å². The normalized spacial score (nSPS) is 15.5. The maximum atomic E-state index is 10.5. The minimum absolute atomic E-state index is 0.0359. The van der Waals surface area contributed by atoms with Crippen LogP contribution in [0.15, 0.2) is 18.2 Å². The number of halogens is 2. The minimum atomic E-state index is -0.986. The zero-order chi connectivity index (χ0) is 14.0. The van der Waals surface area contributed by atoms with Crippen LogP contribution in [0.4, 0.5) is 0 Å². The first-order chi connectivity index (χ1) is 8.13. The smallest absolute Gasteiger partial charge is 0.0895 e. The molecule has 0 aromatic heterocycles. The molecule has 0 amide bonds. The fraction of sp³-hybridized carbons (Fsp3) is 0.571. The summed E-state index contributed by atoms with van der Waals surface area (Å²) in [7, 11) is 0. The van der Waals surface area contributed by atoms with Crippen LogP contribution in [0.3, 0.4) is 0 Å². The quantitative estimate of drug-likeness (QED) is 0.879. The van der Waals surface area contributed by atoms with Gasteiger partial charge in [-0.25, -0.2) is 0 Å². The first-order valence-electron chi connectivity index (χ1n) is 6.05. The lowest BCUT2D eigenvalue weighted by molar-refractivity contribution is 0.0465. The summed E-state index contributed by atoms with van der Waals surface area (Å²) < 4.78 is 0. The summed E-state index contributed by atoms with van der Waals surface area (Å²) >= 11 is 12.1. The maximum Gasteiger partial charge on any atom is 0.0895 e. The second-order valence-electron chi connectivity index (χ2n) is 5.80. The molecular weight excluding hydrogens is 269 g/mol. The molecule has 0 fully saturated rings. The number of hydrogen-bond acceptors (Lipinski definition) is 2. The van der Waals surface area contributed by atoms with E-state index in [1.807, 2.05) is 6.07 Å². The van der Waals surface area contributed by atoms with Crippen LogP contribution in [0.1, 0.15) is 39.7 Å². The van der Waals surface area contributed by atoms with Crippen molar-refractivity contribution < 1.29 is 5.11 Å². The molecule has 2 N–H and O–H groups in total. The molecule has 0 bridgehead atoms. The molecule has 102 valence electrons. The van der Waals surface area contributed by atoms with Gasteiger partial charge in [-0.05, 0) is 46.7 Å². The van der Waals surface area contributed by atoms with Crippen LogP contribution in [0.5, 0.6) is 0 Å². The van der Waals surface area contributed by atoms with Gasteiger partial charge in [-0.2, -0.15) is 0 Å². The fourth-order valence-corrected chi connectivity index (χ4v) is 2.24. The van der Waals surface area contributed by atoms with E-state index in [1.165, 1.54) is 0 Å². The van der Waals surface area contributed by atoms with Crippen molar-refractivity contribution in [1.29, 1.82) is 0 Å². The van der Waals surface area contributed by atoms with Crippen LogP contribution >= 0.6 is 23.2 Å². The average molecular weight is 290 g/mol. The van der Waals surface area contributed by atoms with Crippen LogP contribution in [-0.2, 0) is 5.60 Å². The second kappa shape index (κ2) is 5.79. The largest absolute Gasteiger partial charge is 0.385 e. The highest BCUT2D eigenvalue weighted by Gasteiger charge is 2.26. The van der Waals surface area contributed by atoms with Gasteiger partial charge in [0.1, 0.15) is 0 Å². The highest BCUT2D eigenvalue weighted by molar-refractivity contribution is 6.42. The number of aliphatic hydroxyl groups is 1. The topological polar surface area (TPSA) is 32.3 Å². The molecule has 0 aliphatic rings. The fourth-order valence-electron chi connectivity index (χ4n) is 1.74. The van der Waals surface area contributed by atoms with Gasteiger partial charge in [0, 0.05) is 11.1 Å². The van der Waals surface area contributed by atoms with E-state index in [9.17, 15) is 5.11 Å². The third-order valence-electron chi connectivity index (χ3n) is 2.80. The van der Waals surface area contributed by atoms with Crippen LogP contribution < -0.4 is 5.32 Å². The lowest BCUT2D eigenvalue weighted by Gasteiger charge is -2.28. The summed E-state index contributed by atoms with van der Waals surface area (Å²) in [5.41, 5.74) is -0.276. The maximum absolute atomic E-state index is 10.5. The molecule has 0 spiro atoms. The van der Waals surface area contributed by atoms with E-state index < -0.39 is 5.60 Å². The van der Waals surface area contributed by atoms with Gasteiger partial charge in [-0.1, -0.05) is 35.3 Å². The molecular formula is C14H21Cl2NO. The SMILES string of the molecule is CC(C)(C)NCCC(C)(O)c1cccc(Cl)c1Cl. The van der Waals surface area contributed by atoms with Gasteiger partial charge in [0.15, 0.2) is 0 Å². The zero-order valence-corrected chi connectivity index (χ0v) is 12.9. The van der Waals surface area contributed by atoms with Crippen LogP contribution in [-0.4, -0.2) is 17.2 Å². The lowest BCUT2D eigenvalue weighted by Crippen LogP contribution is -2.39. The van der Waals surface area contributed by atoms with Crippen molar-refractivity contribution >= 4 is 23.2 Å². The van der Waals surface area contributed by atoms with Gasteiger partial charge in [-0.3, -0.25) is 0 Å². The van der Waals surface area contributed by atoms with Gasteiger partial charge >= 0.3 is 0 Å². The molecule has 0 radical (unpaired) electrons. The van der Waals surface area contributed by atoms with Crippen molar-refractivity contribution in [1.82, 2.24) is 5.32 Å². The van der Waals surface area contributed by atoms with E-state index >= 15 is 0 Å². The number of rotatable bonds is 4. The predicted molar refractivity (Wildman–Crippen MR) is 78.4 cm³/mol. The Morgan fingerprint density at radius 2 is 1.78 bits per heavy atom. The van der Waals surface area contributed by atoms with Crippen molar-refractivity contribution in [3.63, 3.8) is 0 Å². The first-order valence-corrected chi connectivity index (χ1v) is 6.81. The zero-order valence-electron chi connectivity index (χ0n) is 11.3. The van der Waals surface area contributed by atoms with Gasteiger partial charge in [0.25, 0.3) is 0 Å². The van der Waals surface area contributed by atoms with Gasteiger partial charge in [-0.15, -0.1) is 0 Å². The summed E-state index contributed by atoms with van der Waals surface area (Å²) in [4.78, 5) is 0. The third kappa shape index (κ3) is 4.43. The standard InChI is InChI=1S/C14H21Cl2NO/c1-13(2,3)17-9-8-14(4,18)10-6-5-7-11(15)12(10)16/h5-7,17-18H,8-9H2,1-4H3. The Morgan fingerprint density at radius 3 is 2.33 bits per heavy atom. The molecule has 0 saturated carbocycles. The Balaban J connectivity index is 2.77. The summed E-state index contributed by atoms with van der Waals surface area (Å²) in [6.07, 6.45) is 0.574. The molecule has 0 heterocycles. The molecule has 18 heavy (non-hydrogen) atoms. The van der Waals surface area contributed by atoms with E-state index in [0.29, 0.717) is 28.6 Å². The summed E-state index contributed by atoms with van der Waals surface area (Å²) in [6.45, 7) is 8.74. The van der Waals surface area contributed by atoms with Crippen molar-refractivity contribution in [3.8, 4) is 0 Å². The van der Waals surface area contributed by atoms with Crippen LogP contribution in [0.2, 0.25) is 10.0 Å². The highest BCUT2D eigenvalue weighted by Crippen LogP contribution is 2.34. The predicted octanol–water partition coefficient (Wildman–Crippen LogP) is 3.98. The molecule has 4 heteroatoms. The van der Waals surface area contributed by atoms with E-state index in [-0.39, 0.29) is 5.54 Å². The first kappa shape index (κ1) is 15.8. The Morgan fingerprint density at radius 1 is 1.17 bits per heavy atom. The van der Waals surface area contributed by atoms with Gasteiger partial charge < -0.3 is 10.4 Å². The summed E-state index contributed by atoms with van der Waals surface area (Å²) in [6, 6.07) is 5.33. The van der Waals surface area contributed by atoms with Crippen molar-refractivity contribution in [3.05, 3.63) is 33.8 Å². The Bertz CT molecular complexity index is 411. The highest BCUT2D eigenvalue weighted by atomic mass is 35.5. The minimum Gasteiger partial charge on any atom is -0.385 e. The molecule has 2 nitrogen and oxygen atoms in total. The average Bonchev–Trinajstić information content (AvgIpc) is 2.19. The van der Waals surface area contributed by atoms with Crippen molar-refractivity contribution in [2.75, 3.05) is 6.54 Å². The Labute approximate surface area is 119 Å². The van der Waals surface area contributed by atoms with Crippen LogP contribution in [0.25, 0.3) is 0 Å². The lowest BCUT2D eigenvalue weighted by atomic mass is 9.92.